The summed E-state index contributed by atoms with van der Waals surface area (Å²) >= 11 is 0. The molecule has 23 heavy (non-hydrogen) atoms. The van der Waals surface area contributed by atoms with Gasteiger partial charge in [0.25, 0.3) is 0 Å². The van der Waals surface area contributed by atoms with E-state index in [4.69, 9.17) is 16.4 Å². The fourth-order valence-corrected chi connectivity index (χ4v) is 2.82. The molecule has 3 heterocycles. The van der Waals surface area contributed by atoms with Crippen molar-refractivity contribution < 1.29 is 24.5 Å². The van der Waals surface area contributed by atoms with Crippen molar-refractivity contribution in [2.75, 3.05) is 12.1 Å². The quantitative estimate of drug-likeness (QED) is 0.471. The highest BCUT2D eigenvalue weighted by Crippen LogP contribution is 2.43. The Balaban J connectivity index is 2.20. The first-order chi connectivity index (χ1) is 11.0. The first-order valence-corrected chi connectivity index (χ1v) is 6.81. The van der Waals surface area contributed by atoms with Gasteiger partial charge in [-0.05, 0) is 6.92 Å². The van der Waals surface area contributed by atoms with Gasteiger partial charge in [-0.3, -0.25) is 10.7 Å². The Bertz CT molecular complexity index is 785. The van der Waals surface area contributed by atoms with Crippen LogP contribution in [0.5, 0.6) is 0 Å². The number of nitrogens with one attached hydrogen (secondary N) is 1. The zero-order valence-electron chi connectivity index (χ0n) is 12.1. The molecular weight excluding hydrogens is 307 g/mol. The molecule has 0 bridgehead atoms. The Morgan fingerprint density at radius 3 is 2.87 bits per heavy atom. The summed E-state index contributed by atoms with van der Waals surface area (Å²) in [6.07, 6.45) is 4.21. The second kappa shape index (κ2) is 5.43. The van der Waals surface area contributed by atoms with E-state index in [2.05, 4.69) is 15.9 Å². The molecule has 122 valence electrons. The van der Waals surface area contributed by atoms with Gasteiger partial charge in [0.05, 0.1) is 17.6 Å². The average molecular weight is 322 g/mol. The van der Waals surface area contributed by atoms with E-state index >= 15 is 0 Å². The van der Waals surface area contributed by atoms with Gasteiger partial charge < -0.3 is 19.5 Å². The molecule has 0 aliphatic carbocycles. The first-order valence-electron chi connectivity index (χ1n) is 6.81. The number of nitrogens with zero attached hydrogens (tertiary/aromatic N) is 3. The number of halogens is 1. The lowest BCUT2D eigenvalue weighted by Crippen LogP contribution is -2.40. The van der Waals surface area contributed by atoms with Crippen LogP contribution in [0.3, 0.4) is 0 Å². The third-order valence-electron chi connectivity index (χ3n) is 4.02. The summed E-state index contributed by atoms with van der Waals surface area (Å²) in [5.74, 6) is 2.48. The second-order valence-electron chi connectivity index (χ2n) is 5.43. The lowest BCUT2D eigenvalue weighted by atomic mass is 9.98. The highest BCUT2D eigenvalue weighted by molar-refractivity contribution is 5.92. The van der Waals surface area contributed by atoms with Gasteiger partial charge in [-0.25, -0.2) is 14.4 Å². The van der Waals surface area contributed by atoms with Crippen molar-refractivity contribution in [3.05, 3.63) is 18.1 Å². The number of hydrogen-bond donors (Lipinski definition) is 4. The molecule has 1 fully saturated rings. The number of terminal acetylenes is 1. The minimum atomic E-state index is -2.18. The smallest absolute Gasteiger partial charge is 0.181 e. The van der Waals surface area contributed by atoms with Crippen LogP contribution >= 0.6 is 0 Å². The summed E-state index contributed by atoms with van der Waals surface area (Å²) in [6, 6.07) is 0. The number of anilines is 1. The molecule has 0 amide bonds. The van der Waals surface area contributed by atoms with Crippen molar-refractivity contribution in [1.29, 1.82) is 0 Å². The standard InChI is InChI=1S/C14H15FN4O4/c1-3-7-4-19(12-9(7)11(18-22)16-6-17-12)13-14(2,15)10(21)8(5-20)23-13/h1,4,6,8,10,13,20-22H,5H2,2H3,(H,16,17,18)/t8?,10?,13-,14-/m1/s1. The average Bonchev–Trinajstić information content (AvgIpc) is 3.03. The predicted molar refractivity (Wildman–Crippen MR) is 77.4 cm³/mol. The molecule has 2 unspecified atom stereocenters. The summed E-state index contributed by atoms with van der Waals surface area (Å²) in [5, 5.41) is 28.7. The topological polar surface area (TPSA) is 113 Å². The van der Waals surface area contributed by atoms with Crippen molar-refractivity contribution in [2.45, 2.75) is 31.0 Å². The van der Waals surface area contributed by atoms with Crippen molar-refractivity contribution in [3.8, 4) is 12.3 Å². The maximum atomic E-state index is 14.9. The molecular formula is C14H15FN4O4. The largest absolute Gasteiger partial charge is 0.394 e. The molecule has 1 aliphatic heterocycles. The van der Waals surface area contributed by atoms with Crippen LogP contribution < -0.4 is 5.48 Å². The third kappa shape index (κ3) is 2.15. The number of fused-ring (bicyclic) bond motifs is 1. The van der Waals surface area contributed by atoms with Gasteiger partial charge in [-0.2, -0.15) is 0 Å². The Kier molecular flexibility index (Phi) is 3.69. The monoisotopic (exact) mass is 322 g/mol. The molecule has 0 spiro atoms. The Labute approximate surface area is 130 Å². The number of hydrogen-bond acceptors (Lipinski definition) is 7. The molecule has 0 saturated carbocycles. The SMILES string of the molecule is C#Cc1cn([C@@H]2OC(CO)C(O)[C@@]2(C)F)c2ncnc(NO)c12. The molecule has 1 saturated heterocycles. The highest BCUT2D eigenvalue weighted by Gasteiger charge is 2.55. The second-order valence-corrected chi connectivity index (χ2v) is 5.43. The first kappa shape index (κ1) is 15.6. The van der Waals surface area contributed by atoms with E-state index in [1.807, 2.05) is 5.48 Å². The van der Waals surface area contributed by atoms with Crippen molar-refractivity contribution in [3.63, 3.8) is 0 Å². The zero-order valence-corrected chi connectivity index (χ0v) is 12.1. The van der Waals surface area contributed by atoms with E-state index in [9.17, 15) is 14.6 Å². The van der Waals surface area contributed by atoms with E-state index in [0.29, 0.717) is 10.9 Å². The Morgan fingerprint density at radius 2 is 2.30 bits per heavy atom. The van der Waals surface area contributed by atoms with Crippen LogP contribution in [0.25, 0.3) is 11.0 Å². The number of aliphatic hydroxyl groups excluding tert-OH is 2. The summed E-state index contributed by atoms with van der Waals surface area (Å²) in [5.41, 5.74) is 0.281. The van der Waals surface area contributed by atoms with Crippen LogP contribution in [0.1, 0.15) is 18.7 Å². The van der Waals surface area contributed by atoms with Gasteiger partial charge in [-0.1, -0.05) is 5.92 Å². The minimum absolute atomic E-state index is 0.0690. The summed E-state index contributed by atoms with van der Waals surface area (Å²) in [7, 11) is 0. The molecule has 3 rings (SSSR count). The van der Waals surface area contributed by atoms with E-state index in [-0.39, 0.29) is 11.5 Å². The highest BCUT2D eigenvalue weighted by atomic mass is 19.1. The minimum Gasteiger partial charge on any atom is -0.394 e. The molecule has 2 aromatic heterocycles. The van der Waals surface area contributed by atoms with Crippen LogP contribution in [0.2, 0.25) is 0 Å². The normalized spacial score (nSPS) is 30.5. The molecule has 8 nitrogen and oxygen atoms in total. The maximum Gasteiger partial charge on any atom is 0.181 e. The summed E-state index contributed by atoms with van der Waals surface area (Å²) in [6.45, 7) is 0.641. The number of aromatic nitrogens is 3. The van der Waals surface area contributed by atoms with Crippen molar-refractivity contribution >= 4 is 16.9 Å². The van der Waals surface area contributed by atoms with Gasteiger partial charge in [0, 0.05) is 6.20 Å². The van der Waals surface area contributed by atoms with Gasteiger partial charge in [0.15, 0.2) is 17.7 Å². The Morgan fingerprint density at radius 1 is 1.57 bits per heavy atom. The number of alkyl halides is 1. The molecule has 0 aromatic carbocycles. The molecule has 4 N–H and O–H groups in total. The van der Waals surface area contributed by atoms with E-state index in [1.54, 1.807) is 0 Å². The molecule has 0 radical (unpaired) electrons. The fraction of sp³-hybridized carbons (Fsp3) is 0.429. The van der Waals surface area contributed by atoms with Crippen LogP contribution in [-0.4, -0.2) is 54.4 Å². The van der Waals surface area contributed by atoms with Gasteiger partial charge in [0.2, 0.25) is 0 Å². The van der Waals surface area contributed by atoms with E-state index in [0.717, 1.165) is 0 Å². The van der Waals surface area contributed by atoms with Crippen molar-refractivity contribution in [2.24, 2.45) is 0 Å². The lowest BCUT2D eigenvalue weighted by molar-refractivity contribution is -0.0564. The molecule has 9 heteroatoms. The predicted octanol–water partition coefficient (Wildman–Crippen LogP) is 0.192. The maximum absolute atomic E-state index is 14.9. The number of rotatable bonds is 3. The van der Waals surface area contributed by atoms with E-state index in [1.165, 1.54) is 24.0 Å². The summed E-state index contributed by atoms with van der Waals surface area (Å²) < 4.78 is 21.7. The van der Waals surface area contributed by atoms with Gasteiger partial charge in [0.1, 0.15) is 24.2 Å². The fourth-order valence-electron chi connectivity index (χ4n) is 2.82. The van der Waals surface area contributed by atoms with Gasteiger partial charge >= 0.3 is 0 Å². The molecule has 1 aliphatic rings. The zero-order chi connectivity index (χ0) is 16.8. The molecule has 4 atom stereocenters. The van der Waals surface area contributed by atoms with Crippen LogP contribution in [-0.2, 0) is 4.74 Å². The third-order valence-corrected chi connectivity index (χ3v) is 4.02. The van der Waals surface area contributed by atoms with Crippen molar-refractivity contribution in [1.82, 2.24) is 14.5 Å². The summed E-state index contributed by atoms with van der Waals surface area (Å²) in [4.78, 5) is 7.91. The molecule has 2 aromatic rings. The van der Waals surface area contributed by atoms with Crippen LogP contribution in [0, 0.1) is 12.3 Å². The van der Waals surface area contributed by atoms with Gasteiger partial charge in [-0.15, -0.1) is 6.42 Å². The lowest BCUT2D eigenvalue weighted by Gasteiger charge is -2.25. The number of aliphatic hydroxyl groups is 2. The van der Waals surface area contributed by atoms with E-state index < -0.39 is 30.7 Å². The Hall–Kier alpha value is -2.25. The van der Waals surface area contributed by atoms with Crippen LogP contribution in [0.4, 0.5) is 10.2 Å². The van der Waals surface area contributed by atoms with Crippen LogP contribution in [0.15, 0.2) is 12.5 Å². The number of ether oxygens (including phenoxy) is 1.